The van der Waals surface area contributed by atoms with Crippen molar-refractivity contribution in [3.05, 3.63) is 18.3 Å². The lowest BCUT2D eigenvalue weighted by atomic mass is 9.99. The van der Waals surface area contributed by atoms with Crippen LogP contribution >= 0.6 is 0 Å². The number of piperidine rings is 1. The van der Waals surface area contributed by atoms with Crippen LogP contribution in [0.3, 0.4) is 0 Å². The SMILES string of the molecule is CC1CCN(CCCNS(=O)(=O)c2cccnc2N)CC1. The zero-order valence-electron chi connectivity index (χ0n) is 12.5. The number of hydrogen-bond donors (Lipinski definition) is 2. The summed E-state index contributed by atoms with van der Waals surface area (Å²) in [5.74, 6) is 0.850. The number of nitrogens with two attached hydrogens (primary N) is 1. The van der Waals surface area contributed by atoms with Crippen LogP contribution in [0.2, 0.25) is 0 Å². The summed E-state index contributed by atoms with van der Waals surface area (Å²) >= 11 is 0. The first-order chi connectivity index (χ1) is 9.99. The second-order valence-electron chi connectivity index (χ2n) is 5.66. The monoisotopic (exact) mass is 312 g/mol. The third-order valence-corrected chi connectivity index (χ3v) is 5.42. The van der Waals surface area contributed by atoms with Gasteiger partial charge in [-0.05, 0) is 56.9 Å². The standard InChI is InChI=1S/C14H24N4O2S/c1-12-5-10-18(11-6-12)9-3-8-17-21(19,20)13-4-2-7-16-14(13)15/h2,4,7,12,17H,3,5-6,8-11H2,1H3,(H2,15,16). The molecule has 3 N–H and O–H groups in total. The Bertz CT molecular complexity index is 554. The second-order valence-corrected chi connectivity index (χ2v) is 7.40. The van der Waals surface area contributed by atoms with E-state index in [0.29, 0.717) is 6.54 Å². The smallest absolute Gasteiger partial charge is 0.244 e. The molecule has 21 heavy (non-hydrogen) atoms. The Morgan fingerprint density at radius 2 is 2.14 bits per heavy atom. The Kier molecular flexibility index (Phi) is 5.55. The van der Waals surface area contributed by atoms with E-state index in [0.717, 1.165) is 32.0 Å². The molecular formula is C14H24N4O2S. The number of nitrogen functional groups attached to an aromatic ring is 1. The topological polar surface area (TPSA) is 88.3 Å². The van der Waals surface area contributed by atoms with Crippen LogP contribution in [-0.4, -0.2) is 44.5 Å². The quantitative estimate of drug-likeness (QED) is 0.767. The molecular weight excluding hydrogens is 288 g/mol. The van der Waals surface area contributed by atoms with Gasteiger partial charge in [-0.25, -0.2) is 18.1 Å². The number of rotatable bonds is 6. The van der Waals surface area contributed by atoms with Crippen molar-refractivity contribution in [3.63, 3.8) is 0 Å². The molecule has 118 valence electrons. The summed E-state index contributed by atoms with van der Waals surface area (Å²) in [6.07, 6.45) is 4.75. The third-order valence-electron chi connectivity index (χ3n) is 3.91. The highest BCUT2D eigenvalue weighted by molar-refractivity contribution is 7.89. The molecule has 2 rings (SSSR count). The van der Waals surface area contributed by atoms with E-state index in [9.17, 15) is 8.42 Å². The third kappa shape index (κ3) is 4.66. The number of anilines is 1. The van der Waals surface area contributed by atoms with Crippen LogP contribution in [0.1, 0.15) is 26.2 Å². The average molecular weight is 312 g/mol. The zero-order valence-corrected chi connectivity index (χ0v) is 13.3. The van der Waals surface area contributed by atoms with Gasteiger partial charge in [0.1, 0.15) is 10.7 Å². The first-order valence-electron chi connectivity index (χ1n) is 7.41. The Morgan fingerprint density at radius 1 is 1.43 bits per heavy atom. The molecule has 0 bridgehead atoms. The molecule has 0 spiro atoms. The van der Waals surface area contributed by atoms with E-state index >= 15 is 0 Å². The lowest BCUT2D eigenvalue weighted by Crippen LogP contribution is -2.35. The highest BCUT2D eigenvalue weighted by Gasteiger charge is 2.18. The predicted molar refractivity (Wildman–Crippen MR) is 83.3 cm³/mol. The molecule has 0 unspecified atom stereocenters. The maximum absolute atomic E-state index is 12.1. The molecule has 1 aliphatic rings. The van der Waals surface area contributed by atoms with E-state index in [4.69, 9.17) is 5.73 Å². The van der Waals surface area contributed by atoms with Crippen LogP contribution < -0.4 is 10.5 Å². The van der Waals surface area contributed by atoms with Crippen molar-refractivity contribution in [1.29, 1.82) is 0 Å². The van der Waals surface area contributed by atoms with Crippen LogP contribution in [0.15, 0.2) is 23.2 Å². The molecule has 0 amide bonds. The summed E-state index contributed by atoms with van der Waals surface area (Å²) in [6, 6.07) is 3.04. The van der Waals surface area contributed by atoms with Gasteiger partial charge in [0.25, 0.3) is 0 Å². The number of sulfonamides is 1. The Balaban J connectivity index is 1.77. The zero-order chi connectivity index (χ0) is 15.3. The molecule has 2 heterocycles. The number of nitrogens with one attached hydrogen (secondary N) is 1. The Morgan fingerprint density at radius 3 is 2.81 bits per heavy atom. The van der Waals surface area contributed by atoms with Crippen LogP contribution in [-0.2, 0) is 10.0 Å². The van der Waals surface area contributed by atoms with Crippen molar-refractivity contribution in [1.82, 2.24) is 14.6 Å². The van der Waals surface area contributed by atoms with E-state index in [1.54, 1.807) is 6.07 Å². The Hall–Kier alpha value is -1.18. The van der Waals surface area contributed by atoms with Crippen molar-refractivity contribution in [2.45, 2.75) is 31.1 Å². The molecule has 1 aromatic heterocycles. The van der Waals surface area contributed by atoms with Gasteiger partial charge < -0.3 is 10.6 Å². The Labute approximate surface area is 126 Å². The van der Waals surface area contributed by atoms with Gasteiger partial charge in [-0.3, -0.25) is 0 Å². The predicted octanol–water partition coefficient (Wildman–Crippen LogP) is 1.06. The summed E-state index contributed by atoms with van der Waals surface area (Å²) < 4.78 is 26.8. The van der Waals surface area contributed by atoms with E-state index < -0.39 is 10.0 Å². The molecule has 1 fully saturated rings. The van der Waals surface area contributed by atoms with Gasteiger partial charge in [0.2, 0.25) is 10.0 Å². The normalized spacial score (nSPS) is 18.0. The summed E-state index contributed by atoms with van der Waals surface area (Å²) in [5, 5.41) is 0. The van der Waals surface area contributed by atoms with Gasteiger partial charge >= 0.3 is 0 Å². The largest absolute Gasteiger partial charge is 0.383 e. The molecule has 0 aromatic carbocycles. The number of aromatic nitrogens is 1. The number of pyridine rings is 1. The fourth-order valence-corrected chi connectivity index (χ4v) is 3.66. The summed E-state index contributed by atoms with van der Waals surface area (Å²) in [4.78, 5) is 6.25. The van der Waals surface area contributed by atoms with Crippen LogP contribution in [0.25, 0.3) is 0 Å². The average Bonchev–Trinajstić information content (AvgIpc) is 2.46. The number of hydrogen-bond acceptors (Lipinski definition) is 5. The maximum Gasteiger partial charge on any atom is 0.244 e. The molecule has 7 heteroatoms. The molecule has 1 aliphatic heterocycles. The highest BCUT2D eigenvalue weighted by atomic mass is 32.2. The summed E-state index contributed by atoms with van der Waals surface area (Å²) in [5.41, 5.74) is 5.60. The van der Waals surface area contributed by atoms with E-state index in [-0.39, 0.29) is 10.7 Å². The molecule has 0 radical (unpaired) electrons. The minimum Gasteiger partial charge on any atom is -0.383 e. The fourth-order valence-electron chi connectivity index (χ4n) is 2.50. The maximum atomic E-state index is 12.1. The molecule has 0 aliphatic carbocycles. The van der Waals surface area contributed by atoms with Gasteiger partial charge in [0, 0.05) is 12.7 Å². The van der Waals surface area contributed by atoms with Crippen LogP contribution in [0, 0.1) is 5.92 Å². The first kappa shape index (κ1) is 16.2. The van der Waals surface area contributed by atoms with Gasteiger partial charge in [0.05, 0.1) is 0 Å². The van der Waals surface area contributed by atoms with E-state index in [1.807, 2.05) is 0 Å². The highest BCUT2D eigenvalue weighted by Crippen LogP contribution is 2.16. The minimum atomic E-state index is -3.56. The van der Waals surface area contributed by atoms with Crippen LogP contribution in [0.5, 0.6) is 0 Å². The van der Waals surface area contributed by atoms with Crippen molar-refractivity contribution < 1.29 is 8.42 Å². The number of nitrogens with zero attached hydrogens (tertiary/aromatic N) is 2. The van der Waals surface area contributed by atoms with E-state index in [2.05, 4.69) is 21.5 Å². The molecule has 1 aromatic rings. The van der Waals surface area contributed by atoms with Crippen molar-refractivity contribution in [2.24, 2.45) is 5.92 Å². The van der Waals surface area contributed by atoms with Gasteiger partial charge in [-0.15, -0.1) is 0 Å². The molecule has 1 saturated heterocycles. The van der Waals surface area contributed by atoms with Gasteiger partial charge in [-0.2, -0.15) is 0 Å². The second kappa shape index (κ2) is 7.20. The minimum absolute atomic E-state index is 0.0371. The van der Waals surface area contributed by atoms with Gasteiger partial charge in [-0.1, -0.05) is 6.92 Å². The van der Waals surface area contributed by atoms with Crippen LogP contribution in [0.4, 0.5) is 5.82 Å². The molecule has 6 nitrogen and oxygen atoms in total. The van der Waals surface area contributed by atoms with Crippen molar-refractivity contribution in [3.8, 4) is 0 Å². The lowest BCUT2D eigenvalue weighted by Gasteiger charge is -2.30. The van der Waals surface area contributed by atoms with E-state index in [1.165, 1.54) is 25.1 Å². The molecule has 0 atom stereocenters. The molecule has 0 saturated carbocycles. The summed E-state index contributed by atoms with van der Waals surface area (Å²) in [7, 11) is -3.56. The number of likely N-dealkylation sites (tertiary alicyclic amines) is 1. The van der Waals surface area contributed by atoms with Gasteiger partial charge in [0.15, 0.2) is 0 Å². The van der Waals surface area contributed by atoms with Crippen molar-refractivity contribution >= 4 is 15.8 Å². The fraction of sp³-hybridized carbons (Fsp3) is 0.643. The lowest BCUT2D eigenvalue weighted by molar-refractivity contribution is 0.191. The summed E-state index contributed by atoms with van der Waals surface area (Å²) in [6.45, 7) is 5.86. The first-order valence-corrected chi connectivity index (χ1v) is 8.90. The van der Waals surface area contributed by atoms with Crippen molar-refractivity contribution in [2.75, 3.05) is 31.9 Å².